The maximum absolute atomic E-state index is 12.6. The van der Waals surface area contributed by atoms with E-state index in [0.29, 0.717) is 13.2 Å². The number of fused-ring (bicyclic) bond motifs is 1. The maximum atomic E-state index is 12.6. The summed E-state index contributed by atoms with van der Waals surface area (Å²) in [4.78, 5) is 3.68. The van der Waals surface area contributed by atoms with Gasteiger partial charge in [0.1, 0.15) is 0 Å². The summed E-state index contributed by atoms with van der Waals surface area (Å²) in [6.07, 6.45) is 2.04. The zero-order valence-corrected chi connectivity index (χ0v) is 15.5. The van der Waals surface area contributed by atoms with E-state index in [1.54, 1.807) is 26.2 Å². The number of aromatic nitrogens is 1. The van der Waals surface area contributed by atoms with Gasteiger partial charge in [-0.3, -0.25) is 0 Å². The Morgan fingerprint density at radius 1 is 1.04 bits per heavy atom. The van der Waals surface area contributed by atoms with Crippen molar-refractivity contribution in [3.63, 3.8) is 0 Å². The first-order valence-corrected chi connectivity index (χ1v) is 9.83. The molecule has 1 aliphatic heterocycles. The minimum Gasteiger partial charge on any atom is -0.373 e. The van der Waals surface area contributed by atoms with E-state index < -0.39 is 10.0 Å². The normalized spacial score (nSPS) is 15.0. The van der Waals surface area contributed by atoms with Crippen LogP contribution in [0.2, 0.25) is 0 Å². The van der Waals surface area contributed by atoms with Crippen molar-refractivity contribution >= 4 is 26.5 Å². The molecule has 0 radical (unpaired) electrons. The van der Waals surface area contributed by atoms with Crippen LogP contribution < -0.4 is 0 Å². The highest BCUT2D eigenvalue weighted by atomic mass is 32.2. The molecule has 134 valence electrons. The standard InChI is InChI=1S/C20H20N2O3S/c1-22(2)26(23,24)16-7-8-17(15-9-10-25-13-15)18(12-16)20-11-14-5-3-4-6-19(14)21-20/h3-9,11-12,21H,10,13H2,1-2H3. The van der Waals surface area contributed by atoms with Gasteiger partial charge in [0.05, 0.1) is 18.1 Å². The molecule has 0 unspecified atom stereocenters. The molecule has 1 aromatic heterocycles. The number of sulfonamides is 1. The third-order valence-corrected chi connectivity index (χ3v) is 6.45. The number of hydrogen-bond donors (Lipinski definition) is 1. The maximum Gasteiger partial charge on any atom is 0.242 e. The molecule has 0 saturated carbocycles. The van der Waals surface area contributed by atoms with Crippen molar-refractivity contribution in [2.45, 2.75) is 4.90 Å². The molecule has 0 atom stereocenters. The molecule has 1 aliphatic rings. The minimum atomic E-state index is -3.51. The van der Waals surface area contributed by atoms with Crippen molar-refractivity contribution in [1.29, 1.82) is 0 Å². The summed E-state index contributed by atoms with van der Waals surface area (Å²) in [5.74, 6) is 0. The lowest BCUT2D eigenvalue weighted by Gasteiger charge is -2.15. The summed E-state index contributed by atoms with van der Waals surface area (Å²) in [5.41, 5.74) is 4.84. The second kappa shape index (κ2) is 6.39. The van der Waals surface area contributed by atoms with Crippen LogP contribution in [-0.2, 0) is 14.8 Å². The van der Waals surface area contributed by atoms with Gasteiger partial charge in [0.25, 0.3) is 0 Å². The molecule has 0 spiro atoms. The van der Waals surface area contributed by atoms with E-state index in [1.807, 2.05) is 36.4 Å². The fourth-order valence-corrected chi connectivity index (χ4v) is 4.12. The van der Waals surface area contributed by atoms with E-state index in [2.05, 4.69) is 11.1 Å². The average Bonchev–Trinajstić information content (AvgIpc) is 3.30. The van der Waals surface area contributed by atoms with E-state index in [1.165, 1.54) is 4.31 Å². The largest absolute Gasteiger partial charge is 0.373 e. The van der Waals surface area contributed by atoms with Crippen molar-refractivity contribution < 1.29 is 13.2 Å². The van der Waals surface area contributed by atoms with E-state index in [4.69, 9.17) is 4.74 Å². The van der Waals surface area contributed by atoms with Crippen LogP contribution >= 0.6 is 0 Å². The minimum absolute atomic E-state index is 0.277. The van der Waals surface area contributed by atoms with Crippen LogP contribution in [0.3, 0.4) is 0 Å². The van der Waals surface area contributed by atoms with Crippen LogP contribution in [0.1, 0.15) is 5.56 Å². The van der Waals surface area contributed by atoms with Gasteiger partial charge in [-0.25, -0.2) is 12.7 Å². The van der Waals surface area contributed by atoms with Gasteiger partial charge < -0.3 is 9.72 Å². The molecule has 1 N–H and O–H groups in total. The van der Waals surface area contributed by atoms with E-state index in [9.17, 15) is 8.42 Å². The van der Waals surface area contributed by atoms with Crippen molar-refractivity contribution in [1.82, 2.24) is 9.29 Å². The number of aromatic amines is 1. The quantitative estimate of drug-likeness (QED) is 0.767. The Balaban J connectivity index is 1.94. The Bertz CT molecular complexity index is 1080. The van der Waals surface area contributed by atoms with Gasteiger partial charge in [0.2, 0.25) is 10.0 Å². The van der Waals surface area contributed by atoms with E-state index >= 15 is 0 Å². The molecule has 0 bridgehead atoms. The predicted octanol–water partition coefficient (Wildman–Crippen LogP) is 3.50. The zero-order chi connectivity index (χ0) is 18.3. The Morgan fingerprint density at radius 3 is 2.54 bits per heavy atom. The molecule has 0 saturated heterocycles. The van der Waals surface area contributed by atoms with E-state index in [0.717, 1.165) is 33.3 Å². The Morgan fingerprint density at radius 2 is 1.85 bits per heavy atom. The van der Waals surface area contributed by atoms with Crippen molar-refractivity contribution in [2.24, 2.45) is 0 Å². The average molecular weight is 368 g/mol. The topological polar surface area (TPSA) is 62.4 Å². The lowest BCUT2D eigenvalue weighted by molar-refractivity contribution is 0.216. The first kappa shape index (κ1) is 17.0. The first-order valence-electron chi connectivity index (χ1n) is 8.39. The third kappa shape index (κ3) is 2.86. The molecule has 5 nitrogen and oxygen atoms in total. The lowest BCUT2D eigenvalue weighted by atomic mass is 9.98. The van der Waals surface area contributed by atoms with Crippen LogP contribution in [0.4, 0.5) is 0 Å². The molecule has 26 heavy (non-hydrogen) atoms. The Labute approximate surface area is 153 Å². The van der Waals surface area contributed by atoms with Gasteiger partial charge in [-0.15, -0.1) is 0 Å². The van der Waals surface area contributed by atoms with Crippen LogP contribution in [0.25, 0.3) is 27.7 Å². The molecule has 6 heteroatoms. The molecule has 2 heterocycles. The van der Waals surface area contributed by atoms with Gasteiger partial charge in [0.15, 0.2) is 0 Å². The Hall–Kier alpha value is -2.41. The van der Waals surface area contributed by atoms with Crippen molar-refractivity contribution in [3.8, 4) is 11.3 Å². The SMILES string of the molecule is CN(C)S(=O)(=O)c1ccc(C2=CCOC2)c(-c2cc3ccccc3[nH]2)c1. The zero-order valence-electron chi connectivity index (χ0n) is 14.7. The van der Waals surface area contributed by atoms with Gasteiger partial charge >= 0.3 is 0 Å². The highest BCUT2D eigenvalue weighted by Gasteiger charge is 2.21. The van der Waals surface area contributed by atoms with Gasteiger partial charge in [-0.1, -0.05) is 30.3 Å². The number of benzene rings is 2. The number of ether oxygens (including phenoxy) is 1. The number of rotatable bonds is 4. The number of hydrogen-bond acceptors (Lipinski definition) is 3. The molecule has 0 aliphatic carbocycles. The number of nitrogens with one attached hydrogen (secondary N) is 1. The number of H-pyrrole nitrogens is 1. The summed E-state index contributed by atoms with van der Waals surface area (Å²) >= 11 is 0. The summed E-state index contributed by atoms with van der Waals surface area (Å²) in [6, 6.07) is 15.3. The third-order valence-electron chi connectivity index (χ3n) is 4.64. The molecule has 2 aromatic carbocycles. The van der Waals surface area contributed by atoms with Gasteiger partial charge in [0, 0.05) is 36.3 Å². The molecular weight excluding hydrogens is 348 g/mol. The molecule has 0 fully saturated rings. The predicted molar refractivity (Wildman–Crippen MR) is 103 cm³/mol. The first-order chi connectivity index (χ1) is 12.5. The van der Waals surface area contributed by atoms with Crippen LogP contribution in [0.15, 0.2) is 59.5 Å². The fraction of sp³-hybridized carbons (Fsp3) is 0.200. The van der Waals surface area contributed by atoms with Crippen LogP contribution in [0.5, 0.6) is 0 Å². The summed E-state index contributed by atoms with van der Waals surface area (Å²) in [6.45, 7) is 1.12. The van der Waals surface area contributed by atoms with Gasteiger partial charge in [-0.05, 0) is 35.4 Å². The monoisotopic (exact) mass is 368 g/mol. The second-order valence-corrected chi connectivity index (χ2v) is 8.66. The van der Waals surface area contributed by atoms with Gasteiger partial charge in [-0.2, -0.15) is 0 Å². The van der Waals surface area contributed by atoms with Crippen LogP contribution in [-0.4, -0.2) is 45.0 Å². The smallest absolute Gasteiger partial charge is 0.242 e. The summed E-state index contributed by atoms with van der Waals surface area (Å²) in [7, 11) is -0.427. The fourth-order valence-electron chi connectivity index (χ4n) is 3.19. The summed E-state index contributed by atoms with van der Waals surface area (Å²) < 4.78 is 31.9. The second-order valence-electron chi connectivity index (χ2n) is 6.51. The van der Waals surface area contributed by atoms with Crippen molar-refractivity contribution in [3.05, 3.63) is 60.2 Å². The van der Waals surface area contributed by atoms with Crippen molar-refractivity contribution in [2.75, 3.05) is 27.3 Å². The van der Waals surface area contributed by atoms with Crippen LogP contribution in [0, 0.1) is 0 Å². The lowest BCUT2D eigenvalue weighted by Crippen LogP contribution is -2.22. The highest BCUT2D eigenvalue weighted by Crippen LogP contribution is 2.34. The Kier molecular flexibility index (Phi) is 4.19. The van der Waals surface area contributed by atoms with E-state index in [-0.39, 0.29) is 4.90 Å². The molecule has 0 amide bonds. The highest BCUT2D eigenvalue weighted by molar-refractivity contribution is 7.89. The number of nitrogens with zero attached hydrogens (tertiary/aromatic N) is 1. The summed E-state index contributed by atoms with van der Waals surface area (Å²) in [5, 5.41) is 1.09. The molecule has 3 aromatic rings. The number of para-hydroxylation sites is 1. The molecule has 4 rings (SSSR count). The molecular formula is C20H20N2O3S.